The lowest BCUT2D eigenvalue weighted by Gasteiger charge is -2.14. The third-order valence-electron chi connectivity index (χ3n) is 2.33. The van der Waals surface area contributed by atoms with Gasteiger partial charge in [-0.3, -0.25) is 4.79 Å². The number of hydrogen-bond acceptors (Lipinski definition) is 2. The van der Waals surface area contributed by atoms with Gasteiger partial charge in [-0.1, -0.05) is 32.0 Å². The molecule has 0 aliphatic carbocycles. The molecule has 0 aliphatic rings. The SMILES string of the molecule is CC(C)C(Cl)CNC(=O)COc1ccccc1. The normalized spacial score (nSPS) is 12.2. The summed E-state index contributed by atoms with van der Waals surface area (Å²) in [5, 5.41) is 2.69. The number of nitrogens with one attached hydrogen (secondary N) is 1. The molecule has 1 amide bonds. The Balaban J connectivity index is 2.22. The van der Waals surface area contributed by atoms with Crippen LogP contribution in [0.25, 0.3) is 0 Å². The number of alkyl halides is 1. The van der Waals surface area contributed by atoms with E-state index in [1.165, 1.54) is 0 Å². The molecule has 1 N–H and O–H groups in total. The van der Waals surface area contributed by atoms with E-state index in [1.807, 2.05) is 44.2 Å². The average molecular weight is 256 g/mol. The summed E-state index contributed by atoms with van der Waals surface area (Å²) in [7, 11) is 0. The highest BCUT2D eigenvalue weighted by molar-refractivity contribution is 6.21. The quantitative estimate of drug-likeness (QED) is 0.793. The Morgan fingerprint density at radius 1 is 1.35 bits per heavy atom. The summed E-state index contributed by atoms with van der Waals surface area (Å²) in [6, 6.07) is 9.24. The summed E-state index contributed by atoms with van der Waals surface area (Å²) < 4.78 is 5.31. The molecule has 0 saturated carbocycles. The van der Waals surface area contributed by atoms with Gasteiger partial charge in [-0.25, -0.2) is 0 Å². The molecule has 1 rings (SSSR count). The highest BCUT2D eigenvalue weighted by atomic mass is 35.5. The van der Waals surface area contributed by atoms with Crippen LogP contribution in [-0.4, -0.2) is 24.4 Å². The van der Waals surface area contributed by atoms with Crippen LogP contribution in [0.3, 0.4) is 0 Å². The van der Waals surface area contributed by atoms with Gasteiger partial charge in [0.15, 0.2) is 6.61 Å². The predicted octanol–water partition coefficient (Wildman–Crippen LogP) is 2.45. The Hall–Kier alpha value is -1.22. The number of para-hydroxylation sites is 1. The van der Waals surface area contributed by atoms with Gasteiger partial charge in [-0.05, 0) is 18.1 Å². The topological polar surface area (TPSA) is 38.3 Å². The van der Waals surface area contributed by atoms with E-state index in [9.17, 15) is 4.79 Å². The Kier molecular flexibility index (Phi) is 5.84. The van der Waals surface area contributed by atoms with Gasteiger partial charge in [0.1, 0.15) is 5.75 Å². The molecule has 0 saturated heterocycles. The molecule has 0 radical (unpaired) electrons. The first-order valence-electron chi connectivity index (χ1n) is 5.68. The minimum Gasteiger partial charge on any atom is -0.484 e. The third kappa shape index (κ3) is 5.59. The molecule has 17 heavy (non-hydrogen) atoms. The van der Waals surface area contributed by atoms with Gasteiger partial charge in [0.05, 0.1) is 5.38 Å². The van der Waals surface area contributed by atoms with E-state index in [0.717, 1.165) is 0 Å². The summed E-state index contributed by atoms with van der Waals surface area (Å²) in [6.07, 6.45) is 0. The van der Waals surface area contributed by atoms with Gasteiger partial charge in [0.2, 0.25) is 0 Å². The fourth-order valence-electron chi connectivity index (χ4n) is 1.16. The molecule has 1 unspecified atom stereocenters. The molecule has 0 aromatic heterocycles. The number of halogens is 1. The van der Waals surface area contributed by atoms with Crippen molar-refractivity contribution in [1.29, 1.82) is 0 Å². The van der Waals surface area contributed by atoms with Crippen LogP contribution in [0, 0.1) is 5.92 Å². The van der Waals surface area contributed by atoms with E-state index in [-0.39, 0.29) is 17.9 Å². The van der Waals surface area contributed by atoms with Crippen molar-refractivity contribution in [2.24, 2.45) is 5.92 Å². The number of benzene rings is 1. The van der Waals surface area contributed by atoms with Crippen molar-refractivity contribution in [3.8, 4) is 5.75 Å². The van der Waals surface area contributed by atoms with Crippen molar-refractivity contribution in [2.75, 3.05) is 13.2 Å². The van der Waals surface area contributed by atoms with E-state index >= 15 is 0 Å². The predicted molar refractivity (Wildman–Crippen MR) is 69.4 cm³/mol. The molecule has 1 aromatic rings. The van der Waals surface area contributed by atoms with Gasteiger partial charge in [0, 0.05) is 6.54 Å². The van der Waals surface area contributed by atoms with Crippen molar-refractivity contribution in [3.05, 3.63) is 30.3 Å². The fraction of sp³-hybridized carbons (Fsp3) is 0.462. The summed E-state index contributed by atoms with van der Waals surface area (Å²) in [4.78, 5) is 11.4. The van der Waals surface area contributed by atoms with E-state index < -0.39 is 0 Å². The van der Waals surface area contributed by atoms with Crippen LogP contribution in [0.1, 0.15) is 13.8 Å². The molecule has 0 bridgehead atoms. The molecule has 0 heterocycles. The maximum atomic E-state index is 11.4. The maximum absolute atomic E-state index is 11.4. The third-order valence-corrected chi connectivity index (χ3v) is 2.99. The first kappa shape index (κ1) is 13.8. The first-order chi connectivity index (χ1) is 8.09. The smallest absolute Gasteiger partial charge is 0.257 e. The summed E-state index contributed by atoms with van der Waals surface area (Å²) in [6.45, 7) is 4.52. The van der Waals surface area contributed by atoms with E-state index in [4.69, 9.17) is 16.3 Å². The lowest BCUT2D eigenvalue weighted by atomic mass is 10.1. The number of ether oxygens (including phenoxy) is 1. The molecule has 4 heteroatoms. The Morgan fingerprint density at radius 2 is 2.00 bits per heavy atom. The van der Waals surface area contributed by atoms with Gasteiger partial charge in [-0.15, -0.1) is 11.6 Å². The Bertz CT molecular complexity index is 341. The van der Waals surface area contributed by atoms with Crippen molar-refractivity contribution < 1.29 is 9.53 Å². The van der Waals surface area contributed by atoms with E-state index in [2.05, 4.69) is 5.32 Å². The van der Waals surface area contributed by atoms with Crippen LogP contribution < -0.4 is 10.1 Å². The molecule has 1 atom stereocenters. The summed E-state index contributed by atoms with van der Waals surface area (Å²) in [5.74, 6) is 0.876. The van der Waals surface area contributed by atoms with Crippen molar-refractivity contribution in [1.82, 2.24) is 5.32 Å². The molecular formula is C13H18ClNO2. The van der Waals surface area contributed by atoms with Crippen LogP contribution in [0.5, 0.6) is 5.75 Å². The Morgan fingerprint density at radius 3 is 2.59 bits per heavy atom. The van der Waals surface area contributed by atoms with E-state index in [1.54, 1.807) is 0 Å². The number of hydrogen-bond donors (Lipinski definition) is 1. The van der Waals surface area contributed by atoms with Gasteiger partial charge in [-0.2, -0.15) is 0 Å². The zero-order chi connectivity index (χ0) is 12.7. The van der Waals surface area contributed by atoms with Gasteiger partial charge in [0.25, 0.3) is 5.91 Å². The van der Waals surface area contributed by atoms with Crippen LogP contribution >= 0.6 is 11.6 Å². The second kappa shape index (κ2) is 7.17. The molecule has 0 aliphatic heterocycles. The second-order valence-corrected chi connectivity index (χ2v) is 4.73. The molecule has 94 valence electrons. The van der Waals surface area contributed by atoms with Gasteiger partial charge < -0.3 is 10.1 Å². The molecule has 0 fully saturated rings. The minimum atomic E-state index is -0.153. The number of carbonyl (C=O) groups excluding carboxylic acids is 1. The number of carbonyl (C=O) groups is 1. The lowest BCUT2D eigenvalue weighted by Crippen LogP contribution is -2.35. The lowest BCUT2D eigenvalue weighted by molar-refractivity contribution is -0.123. The van der Waals surface area contributed by atoms with Crippen molar-refractivity contribution in [3.63, 3.8) is 0 Å². The number of rotatable bonds is 6. The Labute approximate surface area is 107 Å². The highest BCUT2D eigenvalue weighted by Crippen LogP contribution is 2.08. The standard InChI is InChI=1S/C13H18ClNO2/c1-10(2)12(14)8-15-13(16)9-17-11-6-4-3-5-7-11/h3-7,10,12H,8-9H2,1-2H3,(H,15,16). The summed E-state index contributed by atoms with van der Waals surface area (Å²) >= 11 is 6.02. The highest BCUT2D eigenvalue weighted by Gasteiger charge is 2.11. The van der Waals surface area contributed by atoms with E-state index in [0.29, 0.717) is 18.2 Å². The zero-order valence-electron chi connectivity index (χ0n) is 10.2. The van der Waals surface area contributed by atoms with Crippen LogP contribution in [-0.2, 0) is 4.79 Å². The molecule has 1 aromatic carbocycles. The molecular weight excluding hydrogens is 238 g/mol. The van der Waals surface area contributed by atoms with Crippen molar-refractivity contribution >= 4 is 17.5 Å². The summed E-state index contributed by atoms with van der Waals surface area (Å²) in [5.41, 5.74) is 0. The first-order valence-corrected chi connectivity index (χ1v) is 6.12. The largest absolute Gasteiger partial charge is 0.484 e. The maximum Gasteiger partial charge on any atom is 0.257 e. The van der Waals surface area contributed by atoms with Crippen LogP contribution in [0.15, 0.2) is 30.3 Å². The van der Waals surface area contributed by atoms with Crippen molar-refractivity contribution in [2.45, 2.75) is 19.2 Å². The van der Waals surface area contributed by atoms with Gasteiger partial charge >= 0.3 is 0 Å². The average Bonchev–Trinajstić information content (AvgIpc) is 2.34. The minimum absolute atomic E-state index is 0.0196. The van der Waals surface area contributed by atoms with Crippen LogP contribution in [0.4, 0.5) is 0 Å². The number of amides is 1. The zero-order valence-corrected chi connectivity index (χ0v) is 10.9. The fourth-order valence-corrected chi connectivity index (χ4v) is 1.24. The molecule has 3 nitrogen and oxygen atoms in total. The molecule has 0 spiro atoms. The monoisotopic (exact) mass is 255 g/mol. The van der Waals surface area contributed by atoms with Crippen LogP contribution in [0.2, 0.25) is 0 Å². The second-order valence-electron chi connectivity index (χ2n) is 4.17.